The van der Waals surface area contributed by atoms with E-state index >= 15 is 0 Å². The topological polar surface area (TPSA) is 38.3 Å². The van der Waals surface area contributed by atoms with Crippen molar-refractivity contribution in [2.45, 2.75) is 39.7 Å². The van der Waals surface area contributed by atoms with Gasteiger partial charge in [-0.1, -0.05) is 55.8 Å². The van der Waals surface area contributed by atoms with Crippen molar-refractivity contribution >= 4 is 23.2 Å². The predicted molar refractivity (Wildman–Crippen MR) is 95.4 cm³/mol. The van der Waals surface area contributed by atoms with E-state index in [2.05, 4.69) is 19.2 Å². The number of rotatable bonds is 5. The van der Waals surface area contributed by atoms with Gasteiger partial charge in [-0.3, -0.25) is 4.79 Å². The lowest BCUT2D eigenvalue weighted by Crippen LogP contribution is -2.31. The largest absolute Gasteiger partial charge is 0.479 e. The molecule has 0 aromatic heterocycles. The number of aryl methyl sites for hydroxylation is 1. The number of anilines is 1. The van der Waals surface area contributed by atoms with Gasteiger partial charge in [0.15, 0.2) is 6.10 Å². The third kappa shape index (κ3) is 4.26. The van der Waals surface area contributed by atoms with Gasteiger partial charge in [-0.05, 0) is 43.0 Å². The summed E-state index contributed by atoms with van der Waals surface area (Å²) in [5.41, 5.74) is 3.01. The Morgan fingerprint density at radius 1 is 1.09 bits per heavy atom. The molecule has 0 fully saturated rings. The summed E-state index contributed by atoms with van der Waals surface area (Å²) in [5.74, 6) is 0.636. The average molecular weight is 332 g/mol. The van der Waals surface area contributed by atoms with Crippen molar-refractivity contribution in [1.82, 2.24) is 0 Å². The molecule has 2 rings (SSSR count). The van der Waals surface area contributed by atoms with Gasteiger partial charge >= 0.3 is 0 Å². The minimum atomic E-state index is -0.644. The first-order chi connectivity index (χ1) is 10.9. The van der Waals surface area contributed by atoms with E-state index in [1.165, 1.54) is 0 Å². The maximum absolute atomic E-state index is 12.5. The Balaban J connectivity index is 2.15. The first-order valence-corrected chi connectivity index (χ1v) is 8.09. The van der Waals surface area contributed by atoms with Gasteiger partial charge in [0.25, 0.3) is 5.91 Å². The van der Waals surface area contributed by atoms with Crippen LogP contribution in [0.4, 0.5) is 5.69 Å². The molecule has 0 bridgehead atoms. The van der Waals surface area contributed by atoms with Gasteiger partial charge in [-0.15, -0.1) is 0 Å². The van der Waals surface area contributed by atoms with Crippen LogP contribution in [0.3, 0.4) is 0 Å². The number of benzene rings is 2. The Morgan fingerprint density at radius 2 is 1.78 bits per heavy atom. The fourth-order valence-electron chi connectivity index (χ4n) is 2.35. The second-order valence-electron chi connectivity index (χ2n) is 5.87. The van der Waals surface area contributed by atoms with E-state index in [9.17, 15) is 4.79 Å². The van der Waals surface area contributed by atoms with Crippen molar-refractivity contribution in [3.05, 3.63) is 58.6 Å². The van der Waals surface area contributed by atoms with E-state index < -0.39 is 6.10 Å². The molecular weight excluding hydrogens is 310 g/mol. The Labute approximate surface area is 142 Å². The van der Waals surface area contributed by atoms with Crippen molar-refractivity contribution in [2.24, 2.45) is 0 Å². The first-order valence-electron chi connectivity index (χ1n) is 7.71. The molecule has 1 atom stereocenters. The lowest BCUT2D eigenvalue weighted by molar-refractivity contribution is -0.122. The maximum Gasteiger partial charge on any atom is 0.265 e. The molecule has 122 valence electrons. The molecule has 2 aromatic rings. The molecule has 1 N–H and O–H groups in total. The van der Waals surface area contributed by atoms with E-state index in [-0.39, 0.29) is 5.91 Å². The molecule has 3 nitrogen and oxygen atoms in total. The summed E-state index contributed by atoms with van der Waals surface area (Å²) in [6.45, 7) is 7.91. The second-order valence-corrected chi connectivity index (χ2v) is 6.28. The predicted octanol–water partition coefficient (Wildman–Crippen LogP) is 5.18. The lowest BCUT2D eigenvalue weighted by atomic mass is 9.98. The normalized spacial score (nSPS) is 12.1. The second kappa shape index (κ2) is 7.51. The highest BCUT2D eigenvalue weighted by Gasteiger charge is 2.19. The van der Waals surface area contributed by atoms with Crippen LogP contribution in [0.2, 0.25) is 5.02 Å². The van der Waals surface area contributed by atoms with Crippen molar-refractivity contribution in [3.63, 3.8) is 0 Å². The number of carbonyl (C=O) groups is 1. The van der Waals surface area contributed by atoms with Crippen LogP contribution < -0.4 is 10.1 Å². The lowest BCUT2D eigenvalue weighted by Gasteiger charge is -2.19. The van der Waals surface area contributed by atoms with Crippen LogP contribution in [0.15, 0.2) is 42.5 Å². The molecule has 0 radical (unpaired) electrons. The number of hydrogen-bond acceptors (Lipinski definition) is 2. The molecule has 0 aliphatic carbocycles. The minimum absolute atomic E-state index is 0.193. The van der Waals surface area contributed by atoms with Crippen LogP contribution in [0, 0.1) is 6.92 Å². The number of hydrogen-bond donors (Lipinski definition) is 1. The van der Waals surface area contributed by atoms with Crippen molar-refractivity contribution in [1.29, 1.82) is 0 Å². The van der Waals surface area contributed by atoms with Crippen LogP contribution in [0.1, 0.15) is 37.8 Å². The molecule has 0 saturated heterocycles. The molecule has 23 heavy (non-hydrogen) atoms. The Bertz CT molecular complexity index is 698. The summed E-state index contributed by atoms with van der Waals surface area (Å²) in [5, 5.41) is 3.48. The molecule has 4 heteroatoms. The maximum atomic E-state index is 12.5. The molecule has 2 aromatic carbocycles. The zero-order valence-corrected chi connectivity index (χ0v) is 14.6. The zero-order chi connectivity index (χ0) is 17.0. The van der Waals surface area contributed by atoms with Gasteiger partial charge < -0.3 is 10.1 Å². The van der Waals surface area contributed by atoms with Gasteiger partial charge in [0, 0.05) is 5.69 Å². The third-order valence-electron chi connectivity index (χ3n) is 3.68. The number of amides is 1. The highest BCUT2D eigenvalue weighted by molar-refractivity contribution is 6.32. The minimum Gasteiger partial charge on any atom is -0.479 e. The number of ether oxygens (including phenoxy) is 1. The third-order valence-corrected chi connectivity index (χ3v) is 4.00. The number of halogens is 1. The number of carbonyl (C=O) groups excluding carboxylic acids is 1. The van der Waals surface area contributed by atoms with Crippen LogP contribution in [0.5, 0.6) is 5.75 Å². The molecule has 0 unspecified atom stereocenters. The van der Waals surface area contributed by atoms with Crippen LogP contribution >= 0.6 is 11.6 Å². The summed E-state index contributed by atoms with van der Waals surface area (Å²) < 4.78 is 5.68. The molecule has 0 spiro atoms. The molecule has 1 amide bonds. The number of nitrogens with one attached hydrogen (secondary N) is 1. The van der Waals surface area contributed by atoms with E-state index in [0.717, 1.165) is 16.8 Å². The van der Waals surface area contributed by atoms with Gasteiger partial charge in [-0.2, -0.15) is 0 Å². The quantitative estimate of drug-likeness (QED) is 0.820. The van der Waals surface area contributed by atoms with E-state index in [4.69, 9.17) is 16.3 Å². The van der Waals surface area contributed by atoms with Crippen LogP contribution in [0.25, 0.3) is 0 Å². The van der Waals surface area contributed by atoms with E-state index in [1.807, 2.05) is 37.3 Å². The van der Waals surface area contributed by atoms with Gasteiger partial charge in [0.2, 0.25) is 0 Å². The molecule has 0 saturated carbocycles. The fraction of sp³-hybridized carbons (Fsp3) is 0.316. The van der Waals surface area contributed by atoms with Crippen molar-refractivity contribution in [3.8, 4) is 5.75 Å². The standard InChI is InChI=1S/C19H22ClNO2/c1-12(2)15-9-7-8-13(3)18(15)21-19(22)14(4)23-17-11-6-5-10-16(17)20/h5-12,14H,1-4H3,(H,21,22)/t14-/m1/s1. The molecule has 0 heterocycles. The smallest absolute Gasteiger partial charge is 0.265 e. The average Bonchev–Trinajstić information content (AvgIpc) is 2.51. The van der Waals surface area contributed by atoms with E-state index in [0.29, 0.717) is 16.7 Å². The Morgan fingerprint density at radius 3 is 2.43 bits per heavy atom. The molecule has 0 aliphatic heterocycles. The molecular formula is C19H22ClNO2. The van der Waals surface area contributed by atoms with Gasteiger partial charge in [-0.25, -0.2) is 0 Å². The summed E-state index contributed by atoms with van der Waals surface area (Å²) >= 11 is 6.07. The van der Waals surface area contributed by atoms with Gasteiger partial charge in [0.1, 0.15) is 5.75 Å². The summed E-state index contributed by atoms with van der Waals surface area (Å²) in [7, 11) is 0. The van der Waals surface area contributed by atoms with Crippen LogP contribution in [-0.2, 0) is 4.79 Å². The van der Waals surface area contributed by atoms with Crippen LogP contribution in [-0.4, -0.2) is 12.0 Å². The monoisotopic (exact) mass is 331 g/mol. The summed E-state index contributed by atoms with van der Waals surface area (Å²) in [6.07, 6.45) is -0.644. The Kier molecular flexibility index (Phi) is 5.67. The SMILES string of the molecule is Cc1cccc(C(C)C)c1NC(=O)[C@@H](C)Oc1ccccc1Cl. The Hall–Kier alpha value is -2.00. The summed E-state index contributed by atoms with van der Waals surface area (Å²) in [6, 6.07) is 13.2. The van der Waals surface area contributed by atoms with E-state index in [1.54, 1.807) is 19.1 Å². The first kappa shape index (κ1) is 17.4. The van der Waals surface area contributed by atoms with Gasteiger partial charge in [0.05, 0.1) is 5.02 Å². The highest BCUT2D eigenvalue weighted by atomic mass is 35.5. The number of para-hydroxylation sites is 2. The van der Waals surface area contributed by atoms with Crippen molar-refractivity contribution < 1.29 is 9.53 Å². The van der Waals surface area contributed by atoms with Crippen molar-refractivity contribution in [2.75, 3.05) is 5.32 Å². The fourth-order valence-corrected chi connectivity index (χ4v) is 2.53. The highest BCUT2D eigenvalue weighted by Crippen LogP contribution is 2.28. The zero-order valence-electron chi connectivity index (χ0n) is 13.9. The summed E-state index contributed by atoms with van der Waals surface area (Å²) in [4.78, 5) is 12.5. The molecule has 0 aliphatic rings.